The first-order valence-electron chi connectivity index (χ1n) is 7.00. The molecule has 0 aromatic heterocycles. The molecule has 0 N–H and O–H groups in total. The second-order valence-corrected chi connectivity index (χ2v) is 6.08. The van der Waals surface area contributed by atoms with Crippen LogP contribution in [0.3, 0.4) is 0 Å². The summed E-state index contributed by atoms with van der Waals surface area (Å²) in [6, 6.07) is 17.2. The lowest BCUT2D eigenvalue weighted by atomic mass is 10.0. The van der Waals surface area contributed by atoms with E-state index >= 15 is 0 Å². The summed E-state index contributed by atoms with van der Waals surface area (Å²) >= 11 is 1.16. The third-order valence-electron chi connectivity index (χ3n) is 3.04. The van der Waals surface area contributed by atoms with Crippen LogP contribution in [0.15, 0.2) is 54.6 Å². The van der Waals surface area contributed by atoms with Gasteiger partial charge in [-0.15, -0.1) is 0 Å². The van der Waals surface area contributed by atoms with E-state index in [4.69, 9.17) is 4.74 Å². The number of carbonyl (C=O) groups excluding carboxylic acids is 2. The predicted octanol–water partition coefficient (Wildman–Crippen LogP) is 4.03. The third-order valence-corrected chi connectivity index (χ3v) is 4.01. The minimum Gasteiger partial charge on any atom is -0.457 e. The first-order valence-corrected chi connectivity index (χ1v) is 7.99. The molecule has 2 aromatic rings. The lowest BCUT2D eigenvalue weighted by Gasteiger charge is -2.09. The number of rotatable bonds is 7. The van der Waals surface area contributed by atoms with Crippen molar-refractivity contribution in [2.75, 3.05) is 5.75 Å². The summed E-state index contributed by atoms with van der Waals surface area (Å²) < 4.78 is 5.72. The summed E-state index contributed by atoms with van der Waals surface area (Å²) in [7, 11) is 0. The van der Waals surface area contributed by atoms with Crippen molar-refractivity contribution in [3.8, 4) is 11.5 Å². The number of thioether (sulfide) groups is 1. The van der Waals surface area contributed by atoms with E-state index in [1.54, 1.807) is 0 Å². The summed E-state index contributed by atoms with van der Waals surface area (Å²) in [5.74, 6) is 1.74. The lowest BCUT2D eigenvalue weighted by Crippen LogP contribution is -2.10. The zero-order valence-electron chi connectivity index (χ0n) is 12.3. The van der Waals surface area contributed by atoms with E-state index in [1.165, 1.54) is 6.92 Å². The minimum atomic E-state index is -0.269. The molecule has 3 nitrogen and oxygen atoms in total. The van der Waals surface area contributed by atoms with Crippen LogP contribution in [0.25, 0.3) is 0 Å². The summed E-state index contributed by atoms with van der Waals surface area (Å²) in [6.45, 7) is 1.50. The van der Waals surface area contributed by atoms with E-state index in [-0.39, 0.29) is 11.0 Å². The van der Waals surface area contributed by atoms with Crippen LogP contribution in [0, 0.1) is 5.92 Å². The van der Waals surface area contributed by atoms with Gasteiger partial charge >= 0.3 is 0 Å². The van der Waals surface area contributed by atoms with Gasteiger partial charge in [0.2, 0.25) is 6.29 Å². The van der Waals surface area contributed by atoms with Crippen molar-refractivity contribution >= 4 is 23.2 Å². The zero-order valence-corrected chi connectivity index (χ0v) is 13.1. The summed E-state index contributed by atoms with van der Waals surface area (Å²) in [6.07, 6.45) is 2.58. The van der Waals surface area contributed by atoms with Gasteiger partial charge in [-0.25, -0.2) is 0 Å². The second-order valence-electron chi connectivity index (χ2n) is 4.88. The topological polar surface area (TPSA) is 43.4 Å². The smallest absolute Gasteiger partial charge is 0.202 e. The van der Waals surface area contributed by atoms with Crippen molar-refractivity contribution in [1.29, 1.82) is 0 Å². The summed E-state index contributed by atoms with van der Waals surface area (Å²) in [5, 5.41) is 0.0202. The maximum Gasteiger partial charge on any atom is 0.202 e. The van der Waals surface area contributed by atoms with E-state index in [0.717, 1.165) is 28.8 Å². The van der Waals surface area contributed by atoms with Crippen LogP contribution >= 0.6 is 11.8 Å². The Balaban J connectivity index is 1.93. The van der Waals surface area contributed by atoms with Crippen LogP contribution in [0.1, 0.15) is 12.5 Å². The Morgan fingerprint density at radius 1 is 1.09 bits per heavy atom. The first kappa shape index (κ1) is 16.3. The number of hydrogen-bond donors (Lipinski definition) is 0. The maximum absolute atomic E-state index is 11.0. The molecule has 0 fully saturated rings. The molecule has 0 saturated heterocycles. The molecular formula is C18H17O3S. The van der Waals surface area contributed by atoms with Crippen molar-refractivity contribution in [1.82, 2.24) is 0 Å². The molecule has 2 aromatic carbocycles. The normalized spacial score (nSPS) is 11.7. The Kier molecular flexibility index (Phi) is 6.22. The Morgan fingerprint density at radius 3 is 2.32 bits per heavy atom. The summed E-state index contributed by atoms with van der Waals surface area (Å²) in [4.78, 5) is 21.9. The number of benzene rings is 2. The zero-order chi connectivity index (χ0) is 15.8. The minimum absolute atomic E-state index is 0.0202. The molecule has 1 atom stereocenters. The van der Waals surface area contributed by atoms with Gasteiger partial charge in [-0.3, -0.25) is 9.59 Å². The van der Waals surface area contributed by atoms with Crippen LogP contribution in [-0.2, 0) is 16.0 Å². The van der Waals surface area contributed by atoms with Gasteiger partial charge < -0.3 is 4.74 Å². The predicted molar refractivity (Wildman–Crippen MR) is 89.0 cm³/mol. The standard InChI is InChI=1S/C18H17O3S/c1-14(20)22-13-16(12-19)11-15-7-9-18(10-8-15)21-17-5-3-2-4-6-17/h2-10,16H,11,13H2,1H3. The molecule has 2 rings (SSSR count). The van der Waals surface area contributed by atoms with E-state index in [2.05, 4.69) is 0 Å². The fraction of sp³-hybridized carbons (Fsp3) is 0.222. The molecule has 0 saturated carbocycles. The summed E-state index contributed by atoms with van der Waals surface area (Å²) in [5.41, 5.74) is 1.03. The van der Waals surface area contributed by atoms with Gasteiger partial charge in [0, 0.05) is 18.6 Å². The van der Waals surface area contributed by atoms with Crippen molar-refractivity contribution in [2.24, 2.45) is 5.92 Å². The number of para-hydroxylation sites is 1. The number of hydrogen-bond acceptors (Lipinski definition) is 4. The highest BCUT2D eigenvalue weighted by molar-refractivity contribution is 8.13. The van der Waals surface area contributed by atoms with Crippen LogP contribution in [0.4, 0.5) is 0 Å². The third kappa shape index (κ3) is 5.37. The Labute approximate surface area is 134 Å². The number of carbonyl (C=O) groups is 1. The van der Waals surface area contributed by atoms with Gasteiger partial charge in [0.25, 0.3) is 0 Å². The average molecular weight is 313 g/mol. The van der Waals surface area contributed by atoms with Gasteiger partial charge in [0.1, 0.15) is 11.5 Å². The van der Waals surface area contributed by atoms with Gasteiger partial charge in [0.05, 0.1) is 0 Å². The molecule has 113 valence electrons. The average Bonchev–Trinajstić information content (AvgIpc) is 2.54. The van der Waals surface area contributed by atoms with E-state index < -0.39 is 0 Å². The van der Waals surface area contributed by atoms with Crippen LogP contribution in [-0.4, -0.2) is 17.2 Å². The molecule has 4 heteroatoms. The van der Waals surface area contributed by atoms with Crippen molar-refractivity contribution < 1.29 is 14.3 Å². The van der Waals surface area contributed by atoms with Crippen LogP contribution in [0.2, 0.25) is 0 Å². The van der Waals surface area contributed by atoms with Crippen molar-refractivity contribution in [3.63, 3.8) is 0 Å². The van der Waals surface area contributed by atoms with Gasteiger partial charge in [-0.1, -0.05) is 42.1 Å². The van der Waals surface area contributed by atoms with Crippen LogP contribution < -0.4 is 4.74 Å². The van der Waals surface area contributed by atoms with Gasteiger partial charge in [-0.05, 0) is 36.2 Å². The Morgan fingerprint density at radius 2 is 1.73 bits per heavy atom. The fourth-order valence-corrected chi connectivity index (χ4v) is 2.58. The molecule has 1 unspecified atom stereocenters. The molecule has 22 heavy (non-hydrogen) atoms. The molecule has 0 aliphatic heterocycles. The van der Waals surface area contributed by atoms with E-state index in [9.17, 15) is 9.59 Å². The molecule has 0 amide bonds. The fourth-order valence-electron chi connectivity index (χ4n) is 1.96. The van der Waals surface area contributed by atoms with Crippen LogP contribution in [0.5, 0.6) is 11.5 Å². The quantitative estimate of drug-likeness (QED) is 0.774. The molecule has 1 radical (unpaired) electrons. The van der Waals surface area contributed by atoms with Gasteiger partial charge in [-0.2, -0.15) is 0 Å². The Hall–Kier alpha value is -2.07. The molecule has 0 aliphatic carbocycles. The SMILES string of the molecule is CC(=O)SCC([C]=O)Cc1ccc(Oc2ccccc2)cc1. The molecule has 0 bridgehead atoms. The lowest BCUT2D eigenvalue weighted by molar-refractivity contribution is -0.109. The Bertz CT molecular complexity index is 608. The monoisotopic (exact) mass is 313 g/mol. The first-order chi connectivity index (χ1) is 10.7. The highest BCUT2D eigenvalue weighted by atomic mass is 32.2. The van der Waals surface area contributed by atoms with Crippen molar-refractivity contribution in [3.05, 3.63) is 60.2 Å². The molecular weight excluding hydrogens is 296 g/mol. The highest BCUT2D eigenvalue weighted by Gasteiger charge is 2.11. The van der Waals surface area contributed by atoms with E-state index in [0.29, 0.717) is 12.2 Å². The highest BCUT2D eigenvalue weighted by Crippen LogP contribution is 2.22. The van der Waals surface area contributed by atoms with E-state index in [1.807, 2.05) is 60.9 Å². The molecule has 0 heterocycles. The number of ether oxygens (including phenoxy) is 1. The van der Waals surface area contributed by atoms with Crippen molar-refractivity contribution in [2.45, 2.75) is 13.3 Å². The second kappa shape index (κ2) is 8.39. The molecule has 0 aliphatic rings. The molecule has 0 spiro atoms. The van der Waals surface area contributed by atoms with Gasteiger partial charge in [0.15, 0.2) is 5.12 Å². The largest absolute Gasteiger partial charge is 0.457 e. The maximum atomic E-state index is 11.0.